The van der Waals surface area contributed by atoms with Crippen molar-refractivity contribution in [2.24, 2.45) is 0 Å². The molecule has 2 aromatic carbocycles. The Morgan fingerprint density at radius 3 is 2.73 bits per heavy atom. The fraction of sp³-hybridized carbons (Fsp3) is 0.100. The predicted molar refractivity (Wildman–Crippen MR) is 115 cm³/mol. The molecule has 0 fully saturated rings. The van der Waals surface area contributed by atoms with Crippen molar-refractivity contribution in [3.8, 4) is 5.75 Å². The number of anilines is 1. The minimum atomic E-state index is -0.747. The molecule has 0 spiro atoms. The summed E-state index contributed by atoms with van der Waals surface area (Å²) in [6, 6.07) is 11.5. The highest BCUT2D eigenvalue weighted by Gasteiger charge is 2.18. The van der Waals surface area contributed by atoms with Gasteiger partial charge in [0.1, 0.15) is 11.4 Å². The summed E-state index contributed by atoms with van der Waals surface area (Å²) < 4.78 is 10.8. The fourth-order valence-corrected chi connectivity index (χ4v) is 3.95. The molecule has 0 saturated carbocycles. The van der Waals surface area contributed by atoms with E-state index < -0.39 is 23.4 Å². The summed E-state index contributed by atoms with van der Waals surface area (Å²) in [6.45, 7) is -0.605. The zero-order valence-electron chi connectivity index (χ0n) is 15.6. The van der Waals surface area contributed by atoms with Crippen LogP contribution in [-0.4, -0.2) is 30.5 Å². The number of nitrogens with zero attached hydrogens (tertiary/aromatic N) is 1. The monoisotopic (exact) mass is 446 g/mol. The molecule has 1 N–H and O–H groups in total. The van der Waals surface area contributed by atoms with Crippen LogP contribution in [0, 0.1) is 10.1 Å². The molecular weight excluding hydrogens is 432 g/mol. The van der Waals surface area contributed by atoms with Gasteiger partial charge in [-0.1, -0.05) is 29.8 Å². The van der Waals surface area contributed by atoms with E-state index in [-0.39, 0.29) is 17.1 Å². The number of nitrogens with one attached hydrogen (secondary N) is 1. The number of fused-ring (bicyclic) bond motifs is 1. The number of amides is 1. The Bertz CT molecular complexity index is 1160. The molecule has 0 aliphatic heterocycles. The maximum absolute atomic E-state index is 12.0. The Morgan fingerprint density at radius 2 is 2.03 bits per heavy atom. The van der Waals surface area contributed by atoms with Gasteiger partial charge in [-0.05, 0) is 24.3 Å². The highest BCUT2D eigenvalue weighted by Crippen LogP contribution is 2.36. The van der Waals surface area contributed by atoms with E-state index in [1.807, 2.05) is 24.3 Å². The number of rotatable bonds is 7. The van der Waals surface area contributed by atoms with Gasteiger partial charge in [0.05, 0.1) is 23.1 Å². The molecule has 154 valence electrons. The standard InChI is InChI=1S/C20H15ClN2O6S/c1-28-12-6-7-14(15(10-12)23(26)27)22-18(24)11-29-19(25)9-8-17-20(21)13-4-2-3-5-16(13)30-17/h2-10H,11H2,1H3,(H,22,24)/b9-8+. The third kappa shape index (κ3) is 4.94. The molecule has 0 radical (unpaired) electrons. The summed E-state index contributed by atoms with van der Waals surface area (Å²) in [4.78, 5) is 35.1. The fourth-order valence-electron chi connectivity index (χ4n) is 2.55. The number of hydrogen-bond donors (Lipinski definition) is 1. The second-order valence-corrected chi connectivity index (χ2v) is 7.37. The Balaban J connectivity index is 1.59. The van der Waals surface area contributed by atoms with Gasteiger partial charge in [-0.2, -0.15) is 0 Å². The lowest BCUT2D eigenvalue weighted by Gasteiger charge is -2.07. The average Bonchev–Trinajstić information content (AvgIpc) is 3.06. The minimum absolute atomic E-state index is 0.0329. The van der Waals surface area contributed by atoms with Gasteiger partial charge >= 0.3 is 5.97 Å². The molecule has 0 saturated heterocycles. The van der Waals surface area contributed by atoms with E-state index >= 15 is 0 Å². The van der Waals surface area contributed by atoms with Crippen molar-refractivity contribution in [3.05, 3.63) is 68.6 Å². The van der Waals surface area contributed by atoms with Crippen LogP contribution in [0.2, 0.25) is 5.02 Å². The summed E-state index contributed by atoms with van der Waals surface area (Å²) in [5.74, 6) is -1.19. The zero-order valence-corrected chi connectivity index (χ0v) is 17.2. The molecule has 0 unspecified atom stereocenters. The molecule has 10 heteroatoms. The van der Waals surface area contributed by atoms with E-state index in [1.54, 1.807) is 0 Å². The summed E-state index contributed by atoms with van der Waals surface area (Å²) in [5, 5.41) is 14.9. The third-order valence-electron chi connectivity index (χ3n) is 3.95. The zero-order chi connectivity index (χ0) is 21.7. The van der Waals surface area contributed by atoms with Crippen LogP contribution in [0.25, 0.3) is 16.2 Å². The highest BCUT2D eigenvalue weighted by molar-refractivity contribution is 7.20. The molecule has 3 aromatic rings. The first-order chi connectivity index (χ1) is 14.4. The molecule has 0 bridgehead atoms. The number of thiophene rings is 1. The molecule has 1 amide bonds. The number of nitro benzene ring substituents is 1. The number of halogens is 1. The second kappa shape index (κ2) is 9.38. The maximum atomic E-state index is 12.0. The second-order valence-electron chi connectivity index (χ2n) is 5.91. The topological polar surface area (TPSA) is 108 Å². The lowest BCUT2D eigenvalue weighted by atomic mass is 10.2. The molecular formula is C20H15ClN2O6S. The van der Waals surface area contributed by atoms with Gasteiger partial charge in [-0.25, -0.2) is 4.79 Å². The van der Waals surface area contributed by atoms with E-state index in [4.69, 9.17) is 21.1 Å². The van der Waals surface area contributed by atoms with Crippen LogP contribution in [0.1, 0.15) is 4.88 Å². The molecule has 8 nitrogen and oxygen atoms in total. The Morgan fingerprint density at radius 1 is 1.27 bits per heavy atom. The minimum Gasteiger partial charge on any atom is -0.496 e. The Hall–Kier alpha value is -3.43. The van der Waals surface area contributed by atoms with Crippen molar-refractivity contribution < 1.29 is 24.0 Å². The first-order valence-corrected chi connectivity index (χ1v) is 9.72. The maximum Gasteiger partial charge on any atom is 0.331 e. The smallest absolute Gasteiger partial charge is 0.331 e. The molecule has 0 aliphatic carbocycles. The molecule has 0 aliphatic rings. The summed E-state index contributed by atoms with van der Waals surface area (Å²) in [5.41, 5.74) is -0.372. The summed E-state index contributed by atoms with van der Waals surface area (Å²) >= 11 is 7.72. The van der Waals surface area contributed by atoms with E-state index in [1.165, 1.54) is 48.8 Å². The van der Waals surface area contributed by atoms with Crippen LogP contribution in [0.4, 0.5) is 11.4 Å². The van der Waals surface area contributed by atoms with Crippen LogP contribution in [-0.2, 0) is 14.3 Å². The predicted octanol–water partition coefficient (Wildman–Crippen LogP) is 4.67. The largest absolute Gasteiger partial charge is 0.496 e. The third-order valence-corrected chi connectivity index (χ3v) is 5.61. The van der Waals surface area contributed by atoms with Crippen LogP contribution in [0.3, 0.4) is 0 Å². The molecule has 0 atom stereocenters. The van der Waals surface area contributed by atoms with Crippen molar-refractivity contribution in [2.45, 2.75) is 0 Å². The summed E-state index contributed by atoms with van der Waals surface area (Å²) in [7, 11) is 1.37. The Kier molecular flexibility index (Phi) is 6.65. The van der Waals surface area contributed by atoms with Crippen LogP contribution in [0.15, 0.2) is 48.5 Å². The van der Waals surface area contributed by atoms with Crippen molar-refractivity contribution >= 4 is 62.4 Å². The van der Waals surface area contributed by atoms with Gasteiger partial charge in [0.15, 0.2) is 6.61 Å². The number of nitro groups is 1. The van der Waals surface area contributed by atoms with Crippen molar-refractivity contribution in [1.82, 2.24) is 0 Å². The molecule has 1 heterocycles. The van der Waals surface area contributed by atoms with Gasteiger partial charge < -0.3 is 14.8 Å². The highest BCUT2D eigenvalue weighted by atomic mass is 35.5. The van der Waals surface area contributed by atoms with E-state index in [0.29, 0.717) is 9.90 Å². The average molecular weight is 447 g/mol. The SMILES string of the molecule is COc1ccc(NC(=O)COC(=O)/C=C/c2sc3ccccc3c2Cl)c([N+](=O)[O-])c1. The van der Waals surface area contributed by atoms with Gasteiger partial charge in [0.25, 0.3) is 11.6 Å². The van der Waals surface area contributed by atoms with Crippen LogP contribution >= 0.6 is 22.9 Å². The van der Waals surface area contributed by atoms with E-state index in [9.17, 15) is 19.7 Å². The Labute approximate surface area is 179 Å². The number of esters is 1. The number of ether oxygens (including phenoxy) is 2. The van der Waals surface area contributed by atoms with E-state index in [0.717, 1.165) is 10.1 Å². The molecule has 3 rings (SSSR count). The quantitative estimate of drug-likeness (QED) is 0.244. The summed E-state index contributed by atoms with van der Waals surface area (Å²) in [6.07, 6.45) is 2.68. The van der Waals surface area contributed by atoms with Gasteiger partial charge in [-0.15, -0.1) is 11.3 Å². The lowest BCUT2D eigenvalue weighted by Crippen LogP contribution is -2.20. The van der Waals surface area contributed by atoms with E-state index in [2.05, 4.69) is 5.32 Å². The number of carbonyl (C=O) groups excluding carboxylic acids is 2. The van der Waals surface area contributed by atoms with Crippen LogP contribution in [0.5, 0.6) is 5.75 Å². The van der Waals surface area contributed by atoms with Gasteiger partial charge in [0, 0.05) is 21.0 Å². The lowest BCUT2D eigenvalue weighted by molar-refractivity contribution is -0.384. The first kappa shape index (κ1) is 21.3. The molecule has 30 heavy (non-hydrogen) atoms. The number of methoxy groups -OCH3 is 1. The number of hydrogen-bond acceptors (Lipinski definition) is 7. The van der Waals surface area contributed by atoms with Crippen molar-refractivity contribution in [2.75, 3.05) is 19.0 Å². The number of carbonyl (C=O) groups is 2. The first-order valence-electron chi connectivity index (χ1n) is 8.53. The van der Waals surface area contributed by atoms with Crippen molar-refractivity contribution in [1.29, 1.82) is 0 Å². The number of benzene rings is 2. The van der Waals surface area contributed by atoms with Gasteiger partial charge in [0.2, 0.25) is 0 Å². The van der Waals surface area contributed by atoms with Crippen LogP contribution < -0.4 is 10.1 Å². The molecule has 1 aromatic heterocycles. The van der Waals surface area contributed by atoms with Gasteiger partial charge in [-0.3, -0.25) is 14.9 Å². The van der Waals surface area contributed by atoms with Crippen molar-refractivity contribution in [3.63, 3.8) is 0 Å². The normalized spacial score (nSPS) is 10.9.